The number of aryl methyl sites for hydroxylation is 1. The van der Waals surface area contributed by atoms with Gasteiger partial charge in [-0.3, -0.25) is 9.59 Å². The molecule has 2 amide bonds. The highest BCUT2D eigenvalue weighted by Gasteiger charge is 2.41. The van der Waals surface area contributed by atoms with Gasteiger partial charge in [-0.2, -0.15) is 0 Å². The fourth-order valence-electron chi connectivity index (χ4n) is 4.55. The van der Waals surface area contributed by atoms with Crippen molar-refractivity contribution in [2.24, 2.45) is 11.3 Å². The second kappa shape index (κ2) is 9.46. The zero-order chi connectivity index (χ0) is 21.7. The molecular weight excluding hydrogens is 372 g/mol. The molecule has 1 aliphatic heterocycles. The van der Waals surface area contributed by atoms with Crippen LogP contribution in [0.15, 0.2) is 48.5 Å². The van der Waals surface area contributed by atoms with Crippen molar-refractivity contribution in [1.82, 2.24) is 10.2 Å². The molecule has 0 atom stereocenters. The molecule has 0 aromatic heterocycles. The average Bonchev–Trinajstić information content (AvgIpc) is 2.73. The first kappa shape index (κ1) is 22.1. The number of hydrogen-bond acceptors (Lipinski definition) is 2. The Balaban J connectivity index is 1.80. The number of rotatable bonds is 6. The van der Waals surface area contributed by atoms with Crippen LogP contribution in [-0.2, 0) is 16.0 Å². The van der Waals surface area contributed by atoms with Crippen LogP contribution in [0.25, 0.3) is 11.1 Å². The lowest BCUT2D eigenvalue weighted by atomic mass is 9.72. The summed E-state index contributed by atoms with van der Waals surface area (Å²) in [6.45, 7) is 7.56. The van der Waals surface area contributed by atoms with E-state index >= 15 is 0 Å². The molecule has 0 spiro atoms. The van der Waals surface area contributed by atoms with Gasteiger partial charge in [0, 0.05) is 26.6 Å². The summed E-state index contributed by atoms with van der Waals surface area (Å²) in [5, 5.41) is 2.89. The summed E-state index contributed by atoms with van der Waals surface area (Å²) in [5.74, 6) is 0.643. The normalized spacial score (nSPS) is 15.8. The van der Waals surface area contributed by atoms with Gasteiger partial charge in [0.1, 0.15) is 0 Å². The highest BCUT2D eigenvalue weighted by Crippen LogP contribution is 2.37. The predicted molar refractivity (Wildman–Crippen MR) is 122 cm³/mol. The molecule has 1 heterocycles. The third kappa shape index (κ3) is 4.92. The molecule has 2 aromatic rings. The molecule has 0 radical (unpaired) electrons. The maximum absolute atomic E-state index is 12.9. The van der Waals surface area contributed by atoms with Gasteiger partial charge in [0.25, 0.3) is 0 Å². The summed E-state index contributed by atoms with van der Waals surface area (Å²) in [7, 11) is 1.71. The van der Waals surface area contributed by atoms with Gasteiger partial charge >= 0.3 is 0 Å². The van der Waals surface area contributed by atoms with Crippen molar-refractivity contribution in [2.75, 3.05) is 20.1 Å². The van der Waals surface area contributed by atoms with Crippen LogP contribution in [0.2, 0.25) is 0 Å². The monoisotopic (exact) mass is 406 g/mol. The molecule has 4 heteroatoms. The van der Waals surface area contributed by atoms with Crippen LogP contribution < -0.4 is 5.32 Å². The lowest BCUT2D eigenvalue weighted by molar-refractivity contribution is -0.140. The molecule has 0 bridgehead atoms. The fourth-order valence-corrected chi connectivity index (χ4v) is 4.55. The predicted octanol–water partition coefficient (Wildman–Crippen LogP) is 4.61. The van der Waals surface area contributed by atoms with Gasteiger partial charge in [-0.1, -0.05) is 62.4 Å². The van der Waals surface area contributed by atoms with Crippen LogP contribution in [0.3, 0.4) is 0 Å². The zero-order valence-corrected chi connectivity index (χ0v) is 18.7. The van der Waals surface area contributed by atoms with E-state index in [1.54, 1.807) is 7.05 Å². The van der Waals surface area contributed by atoms with Crippen molar-refractivity contribution in [3.05, 3.63) is 59.7 Å². The summed E-state index contributed by atoms with van der Waals surface area (Å²) < 4.78 is 0. The molecule has 2 aromatic carbocycles. The lowest BCUT2D eigenvalue weighted by Gasteiger charge is -2.41. The molecule has 1 aliphatic rings. The highest BCUT2D eigenvalue weighted by atomic mass is 16.2. The van der Waals surface area contributed by atoms with Crippen molar-refractivity contribution in [1.29, 1.82) is 0 Å². The highest BCUT2D eigenvalue weighted by molar-refractivity contribution is 5.84. The maximum atomic E-state index is 12.9. The number of piperidine rings is 1. The quantitative estimate of drug-likeness (QED) is 0.762. The van der Waals surface area contributed by atoms with Gasteiger partial charge < -0.3 is 10.2 Å². The Hall–Kier alpha value is -2.62. The first-order chi connectivity index (χ1) is 14.3. The number of carbonyl (C=O) groups is 2. The van der Waals surface area contributed by atoms with Gasteiger partial charge in [0.15, 0.2) is 0 Å². The molecule has 1 N–H and O–H groups in total. The SMILES string of the molecule is CNC(=O)C1(Cc2cccc(-c3ccccc3C)c2)CCN(C(=O)CC(C)C)CC1. The molecule has 0 saturated carbocycles. The summed E-state index contributed by atoms with van der Waals surface area (Å²) in [4.78, 5) is 27.4. The van der Waals surface area contributed by atoms with Crippen molar-refractivity contribution in [3.8, 4) is 11.1 Å². The first-order valence-electron chi connectivity index (χ1n) is 11.0. The van der Waals surface area contributed by atoms with Gasteiger partial charge in [-0.05, 0) is 54.4 Å². The van der Waals surface area contributed by atoms with Crippen LogP contribution in [0.5, 0.6) is 0 Å². The van der Waals surface area contributed by atoms with Crippen LogP contribution in [0.1, 0.15) is 44.2 Å². The number of hydrogen-bond donors (Lipinski definition) is 1. The third-order valence-electron chi connectivity index (χ3n) is 6.29. The second-order valence-corrected chi connectivity index (χ2v) is 9.03. The minimum Gasteiger partial charge on any atom is -0.359 e. The van der Waals surface area contributed by atoms with Crippen LogP contribution >= 0.6 is 0 Å². The van der Waals surface area contributed by atoms with E-state index in [9.17, 15) is 9.59 Å². The van der Waals surface area contributed by atoms with E-state index in [0.717, 1.165) is 0 Å². The number of nitrogens with zero attached hydrogens (tertiary/aromatic N) is 1. The minimum absolute atomic E-state index is 0.0831. The maximum Gasteiger partial charge on any atom is 0.226 e. The largest absolute Gasteiger partial charge is 0.359 e. The van der Waals surface area contributed by atoms with E-state index in [1.807, 2.05) is 4.90 Å². The third-order valence-corrected chi connectivity index (χ3v) is 6.29. The average molecular weight is 407 g/mol. The Kier molecular flexibility index (Phi) is 6.96. The fraction of sp³-hybridized carbons (Fsp3) is 0.462. The van der Waals surface area contributed by atoms with Crippen LogP contribution in [0.4, 0.5) is 0 Å². The molecule has 1 fully saturated rings. The van der Waals surface area contributed by atoms with E-state index in [-0.39, 0.29) is 11.8 Å². The van der Waals surface area contributed by atoms with Gasteiger partial charge in [-0.25, -0.2) is 0 Å². The Morgan fingerprint density at radius 1 is 1.07 bits per heavy atom. The Morgan fingerprint density at radius 3 is 2.40 bits per heavy atom. The van der Waals surface area contributed by atoms with Crippen molar-refractivity contribution in [3.63, 3.8) is 0 Å². The second-order valence-electron chi connectivity index (χ2n) is 9.03. The van der Waals surface area contributed by atoms with Crippen LogP contribution in [0, 0.1) is 18.3 Å². The number of amides is 2. The van der Waals surface area contributed by atoms with Crippen LogP contribution in [-0.4, -0.2) is 36.9 Å². The molecule has 160 valence electrons. The zero-order valence-electron chi connectivity index (χ0n) is 18.7. The summed E-state index contributed by atoms with van der Waals surface area (Å²) in [5.41, 5.74) is 4.35. The smallest absolute Gasteiger partial charge is 0.226 e. The summed E-state index contributed by atoms with van der Waals surface area (Å²) >= 11 is 0. The number of carbonyl (C=O) groups excluding carboxylic acids is 2. The van der Waals surface area contributed by atoms with Crippen molar-refractivity contribution < 1.29 is 9.59 Å². The van der Waals surface area contributed by atoms with E-state index in [2.05, 4.69) is 74.6 Å². The molecule has 1 saturated heterocycles. The van der Waals surface area contributed by atoms with Crippen molar-refractivity contribution in [2.45, 2.75) is 46.5 Å². The molecular formula is C26H34N2O2. The minimum atomic E-state index is -0.465. The van der Waals surface area contributed by atoms with E-state index < -0.39 is 5.41 Å². The molecule has 0 aliphatic carbocycles. The molecule has 4 nitrogen and oxygen atoms in total. The van der Waals surface area contributed by atoms with Gasteiger partial charge in [0.05, 0.1) is 5.41 Å². The molecule has 30 heavy (non-hydrogen) atoms. The molecule has 3 rings (SSSR count). The Bertz CT molecular complexity index is 895. The van der Waals surface area contributed by atoms with E-state index in [1.165, 1.54) is 22.3 Å². The van der Waals surface area contributed by atoms with Crippen molar-refractivity contribution >= 4 is 11.8 Å². The Labute approximate surface area is 180 Å². The van der Waals surface area contributed by atoms with E-state index in [0.29, 0.717) is 44.7 Å². The standard InChI is InChI=1S/C26H34N2O2/c1-19(2)16-24(29)28-14-12-26(13-15-28,25(30)27-4)18-21-9-7-10-22(17-21)23-11-6-5-8-20(23)3/h5-11,17,19H,12-16,18H2,1-4H3,(H,27,30). The first-order valence-corrected chi connectivity index (χ1v) is 11.0. The topological polar surface area (TPSA) is 49.4 Å². The Morgan fingerprint density at radius 2 is 1.77 bits per heavy atom. The lowest BCUT2D eigenvalue weighted by Crippen LogP contribution is -2.50. The van der Waals surface area contributed by atoms with Gasteiger partial charge in [0.2, 0.25) is 11.8 Å². The number of benzene rings is 2. The van der Waals surface area contributed by atoms with E-state index in [4.69, 9.17) is 0 Å². The number of likely N-dealkylation sites (tertiary alicyclic amines) is 1. The number of nitrogens with one attached hydrogen (secondary N) is 1. The summed E-state index contributed by atoms with van der Waals surface area (Å²) in [6, 6.07) is 16.9. The summed E-state index contributed by atoms with van der Waals surface area (Å²) in [6.07, 6.45) is 2.67. The van der Waals surface area contributed by atoms with Gasteiger partial charge in [-0.15, -0.1) is 0 Å². The molecule has 0 unspecified atom stereocenters.